The number of carbonyl (C=O) groups is 1. The lowest BCUT2D eigenvalue weighted by Gasteiger charge is -2.25. The fraction of sp³-hybridized carbons (Fsp3) is 0.413. The van der Waals surface area contributed by atoms with Gasteiger partial charge in [0.15, 0.2) is 0 Å². The van der Waals surface area contributed by atoms with Gasteiger partial charge in [0.25, 0.3) is 0 Å². The lowest BCUT2D eigenvalue weighted by atomic mass is 9.90. The zero-order chi connectivity index (χ0) is 49.2. The predicted molar refractivity (Wildman–Crippen MR) is 296 cm³/mol. The highest BCUT2D eigenvalue weighted by Crippen LogP contribution is 2.36. The maximum Gasteiger partial charge on any atom is 0.335 e. The maximum absolute atomic E-state index is 11.6. The molecule has 70 heavy (non-hydrogen) atoms. The van der Waals surface area contributed by atoms with Crippen LogP contribution in [0.15, 0.2) is 72.8 Å². The molecule has 7 nitrogen and oxygen atoms in total. The van der Waals surface area contributed by atoms with E-state index in [0.717, 1.165) is 132 Å². The number of benzene rings is 2. The van der Waals surface area contributed by atoms with Crippen molar-refractivity contribution in [1.29, 1.82) is 0 Å². The number of aromatic carboxylic acids is 1. The summed E-state index contributed by atoms with van der Waals surface area (Å²) in [5.41, 5.74) is 14.6. The Balaban J connectivity index is 1.45. The molecule has 2 unspecified atom stereocenters. The smallest absolute Gasteiger partial charge is 0.335 e. The SMILES string of the molecule is CCCCCCN(CCCCCC)c1ccc(C#Cc2c3ccc([nH]3)c(C(CC)CCCC)c3nc(c(C#Cc4ccc(C(=O)O)cc4)c4nc(c(C(CC)CCCC)c5ccc2[nH]5)C=C4)C=C3)cc1. The summed E-state index contributed by atoms with van der Waals surface area (Å²) in [7, 11) is 0. The highest BCUT2D eigenvalue weighted by molar-refractivity contribution is 5.88. The van der Waals surface area contributed by atoms with Crippen molar-refractivity contribution >= 4 is 58.0 Å². The van der Waals surface area contributed by atoms with E-state index in [4.69, 9.17) is 9.97 Å². The van der Waals surface area contributed by atoms with Gasteiger partial charge in [-0.25, -0.2) is 14.8 Å². The van der Waals surface area contributed by atoms with Crippen LogP contribution in [0, 0.1) is 23.7 Å². The minimum Gasteiger partial charge on any atom is -0.478 e. The van der Waals surface area contributed by atoms with Crippen LogP contribution in [0.25, 0.3) is 46.4 Å². The van der Waals surface area contributed by atoms with Gasteiger partial charge in [-0.1, -0.05) is 129 Å². The highest BCUT2D eigenvalue weighted by Gasteiger charge is 2.22. The van der Waals surface area contributed by atoms with E-state index in [-0.39, 0.29) is 17.4 Å². The Kier molecular flexibility index (Phi) is 19.0. The first-order valence-electron chi connectivity index (χ1n) is 26.7. The average molecular weight is 934 g/mol. The molecule has 2 aliphatic rings. The molecule has 0 saturated heterocycles. The molecule has 3 N–H and O–H groups in total. The number of unbranched alkanes of at least 4 members (excludes halogenated alkanes) is 8. The van der Waals surface area contributed by atoms with E-state index in [9.17, 15) is 9.90 Å². The minimum absolute atomic E-state index is 0.228. The number of H-pyrrole nitrogens is 2. The average Bonchev–Trinajstić information content (AvgIpc) is 4.24. The molecule has 0 saturated carbocycles. The normalized spacial score (nSPS) is 12.5. The van der Waals surface area contributed by atoms with Crippen LogP contribution in [0.3, 0.4) is 0 Å². The van der Waals surface area contributed by atoms with Gasteiger partial charge in [0, 0.05) is 52.1 Å². The number of anilines is 1. The molecule has 0 spiro atoms. The van der Waals surface area contributed by atoms with Crippen LogP contribution in [-0.4, -0.2) is 44.1 Å². The molecule has 364 valence electrons. The molecule has 7 rings (SSSR count). The molecular formula is C63H75N5O2. The fourth-order valence-electron chi connectivity index (χ4n) is 9.93. The van der Waals surface area contributed by atoms with E-state index in [1.807, 2.05) is 0 Å². The Morgan fingerprint density at radius 2 is 0.929 bits per heavy atom. The first-order valence-corrected chi connectivity index (χ1v) is 26.7. The molecule has 0 aliphatic carbocycles. The van der Waals surface area contributed by atoms with Crippen LogP contribution in [0.5, 0.6) is 0 Å². The van der Waals surface area contributed by atoms with E-state index < -0.39 is 5.97 Å². The largest absolute Gasteiger partial charge is 0.478 e. The molecule has 0 fully saturated rings. The van der Waals surface area contributed by atoms with Crippen LogP contribution in [0.1, 0.15) is 223 Å². The number of nitrogens with one attached hydrogen (secondary N) is 2. The van der Waals surface area contributed by atoms with Crippen molar-refractivity contribution in [3.8, 4) is 23.7 Å². The van der Waals surface area contributed by atoms with Crippen molar-refractivity contribution in [3.63, 3.8) is 0 Å². The molecule has 2 aromatic carbocycles. The summed E-state index contributed by atoms with van der Waals surface area (Å²) in [4.78, 5) is 32.9. The van der Waals surface area contributed by atoms with E-state index in [0.29, 0.717) is 0 Å². The van der Waals surface area contributed by atoms with Crippen molar-refractivity contribution in [2.24, 2.45) is 0 Å². The number of hydrogen-bond acceptors (Lipinski definition) is 4. The van der Waals surface area contributed by atoms with Crippen molar-refractivity contribution in [3.05, 3.63) is 135 Å². The topological polar surface area (TPSA) is 97.9 Å². The third-order valence-corrected chi connectivity index (χ3v) is 14.0. The van der Waals surface area contributed by atoms with Crippen LogP contribution in [0.4, 0.5) is 5.69 Å². The minimum atomic E-state index is -0.962. The Bertz CT molecular complexity index is 2780. The van der Waals surface area contributed by atoms with Crippen LogP contribution >= 0.6 is 0 Å². The van der Waals surface area contributed by atoms with Gasteiger partial charge in [-0.15, -0.1) is 0 Å². The van der Waals surface area contributed by atoms with E-state index in [1.54, 1.807) is 24.3 Å². The lowest BCUT2D eigenvalue weighted by molar-refractivity contribution is 0.0697. The number of hydrogen-bond donors (Lipinski definition) is 3. The summed E-state index contributed by atoms with van der Waals surface area (Å²) in [6.07, 6.45) is 27.0. The molecule has 2 atom stereocenters. The summed E-state index contributed by atoms with van der Waals surface area (Å²) in [5.74, 6) is 13.7. The number of aromatic nitrogens is 4. The van der Waals surface area contributed by atoms with Gasteiger partial charge in [0.2, 0.25) is 0 Å². The van der Waals surface area contributed by atoms with Gasteiger partial charge in [-0.2, -0.15) is 0 Å². The predicted octanol–water partition coefficient (Wildman–Crippen LogP) is 16.5. The van der Waals surface area contributed by atoms with Gasteiger partial charge in [0.1, 0.15) is 0 Å². The second-order valence-corrected chi connectivity index (χ2v) is 19.1. The van der Waals surface area contributed by atoms with Gasteiger partial charge >= 0.3 is 5.97 Å². The number of aromatic amines is 2. The Labute approximate surface area is 418 Å². The monoisotopic (exact) mass is 934 g/mol. The van der Waals surface area contributed by atoms with Crippen LogP contribution < -0.4 is 4.90 Å². The van der Waals surface area contributed by atoms with Crippen LogP contribution in [0.2, 0.25) is 0 Å². The zero-order valence-electron chi connectivity index (χ0n) is 42.8. The molecule has 7 heteroatoms. The Hall–Kier alpha value is -6.57. The van der Waals surface area contributed by atoms with Gasteiger partial charge in [-0.05, 0) is 147 Å². The molecular weight excluding hydrogens is 859 g/mol. The molecule has 0 amide bonds. The van der Waals surface area contributed by atoms with Crippen molar-refractivity contribution in [1.82, 2.24) is 19.9 Å². The Morgan fingerprint density at radius 1 is 0.500 bits per heavy atom. The van der Waals surface area contributed by atoms with Crippen LogP contribution in [-0.2, 0) is 0 Å². The number of carboxylic acid groups (broad SMARTS) is 1. The first-order chi connectivity index (χ1) is 34.3. The standard InChI is InChI=1S/C63H75N5O2/c1-7-13-17-19-43-68(44-20-18-14-8-2)50-31-25-46(26-32-50)28-34-52-55-37-41-59(66-55)61(47(11-5)21-15-9-3)57-39-35-53(64-57)51(33-27-45-23-29-49(30-24-45)63(69)70)54-36-40-58(65-54)62(48(12-6)22-16-10-4)60-42-38-56(52)67-60/h23-26,29-32,35-42,47-48,66-67H,7-22,43-44H2,1-6H3,(H,69,70). The van der Waals surface area contributed by atoms with Gasteiger partial charge < -0.3 is 20.0 Å². The van der Waals surface area contributed by atoms with Gasteiger partial charge in [-0.3, -0.25) is 0 Å². The summed E-state index contributed by atoms with van der Waals surface area (Å²) >= 11 is 0. The van der Waals surface area contributed by atoms with E-state index in [1.165, 1.54) is 68.2 Å². The van der Waals surface area contributed by atoms with E-state index >= 15 is 0 Å². The second-order valence-electron chi connectivity index (χ2n) is 19.1. The lowest BCUT2D eigenvalue weighted by Crippen LogP contribution is -2.25. The molecule has 2 aliphatic heterocycles. The fourth-order valence-corrected chi connectivity index (χ4v) is 9.93. The molecule has 5 heterocycles. The quantitative estimate of drug-likeness (QED) is 0.0465. The summed E-state index contributed by atoms with van der Waals surface area (Å²) in [6.45, 7) is 15.8. The summed E-state index contributed by atoms with van der Waals surface area (Å²) in [5, 5.41) is 9.54. The van der Waals surface area contributed by atoms with Crippen molar-refractivity contribution in [2.75, 3.05) is 18.0 Å². The van der Waals surface area contributed by atoms with Crippen molar-refractivity contribution < 1.29 is 9.90 Å². The first kappa shape index (κ1) is 51.3. The molecule has 3 aromatic heterocycles. The number of nitrogens with zero attached hydrogens (tertiary/aromatic N) is 3. The molecule has 0 radical (unpaired) electrons. The highest BCUT2D eigenvalue weighted by atomic mass is 16.4. The number of fused-ring (bicyclic) bond motifs is 8. The molecule has 8 bridgehead atoms. The zero-order valence-corrected chi connectivity index (χ0v) is 42.8. The summed E-state index contributed by atoms with van der Waals surface area (Å²) in [6, 6.07) is 24.5. The Morgan fingerprint density at radius 3 is 1.37 bits per heavy atom. The number of carboxylic acids is 1. The van der Waals surface area contributed by atoms with Crippen molar-refractivity contribution in [2.45, 2.75) is 156 Å². The van der Waals surface area contributed by atoms with Gasteiger partial charge in [0.05, 0.1) is 50.5 Å². The maximum atomic E-state index is 11.6. The third-order valence-electron chi connectivity index (χ3n) is 14.0. The number of rotatable bonds is 22. The molecule has 5 aromatic rings. The second kappa shape index (κ2) is 25.9. The third kappa shape index (κ3) is 13.0. The summed E-state index contributed by atoms with van der Waals surface area (Å²) < 4.78 is 0. The van der Waals surface area contributed by atoms with E-state index in [2.05, 4.69) is 153 Å².